The van der Waals surface area contributed by atoms with E-state index in [1.54, 1.807) is 0 Å². The van der Waals surface area contributed by atoms with Crippen LogP contribution in [0.2, 0.25) is 0 Å². The largest absolute Gasteiger partial charge is 0.472 e. The minimum absolute atomic E-state index is 0.0300. The number of cyclic esters (lactones) is 2. The van der Waals surface area contributed by atoms with Crippen LogP contribution in [0.3, 0.4) is 0 Å². The standard InChI is InChI=1S/C24H22F2N6O6S/c25-19-5-13(31-10-15(37-23(31)34)8-28-21(33)7-27)1-3-17(19)18-4-2-14(6-20(18)26)32-11-16(38-24(32)35)12-36-22-9-29-39-30-22/h1-6,9,15-16H,7-8,10-12,27H2,(H,28,33)/t15-,16+/m0/s1. The lowest BCUT2D eigenvalue weighted by Crippen LogP contribution is -2.37. The maximum atomic E-state index is 15.1. The maximum Gasteiger partial charge on any atom is 0.414 e. The van der Waals surface area contributed by atoms with Gasteiger partial charge in [-0.05, 0) is 36.4 Å². The molecule has 0 unspecified atom stereocenters. The number of ether oxygens (including phenoxy) is 3. The molecule has 0 aliphatic carbocycles. The van der Waals surface area contributed by atoms with E-state index in [2.05, 4.69) is 14.1 Å². The van der Waals surface area contributed by atoms with Gasteiger partial charge in [0.25, 0.3) is 0 Å². The summed E-state index contributed by atoms with van der Waals surface area (Å²) in [6.45, 7) is 0.140. The molecule has 0 spiro atoms. The Hall–Kier alpha value is -4.37. The number of hydrogen-bond acceptors (Lipinski definition) is 10. The SMILES string of the molecule is NCC(=O)NC[C@H]1CN(c2ccc(-c3ccc(N4C[C@H](COc5cnsn5)OC4=O)cc3F)c(F)c2)C(=O)O1. The molecule has 15 heteroatoms. The molecule has 39 heavy (non-hydrogen) atoms. The Morgan fingerprint density at radius 2 is 1.62 bits per heavy atom. The fourth-order valence-corrected chi connectivity index (χ4v) is 4.50. The zero-order chi connectivity index (χ0) is 27.5. The predicted octanol–water partition coefficient (Wildman–Crippen LogP) is 2.29. The molecule has 0 saturated carbocycles. The molecule has 0 bridgehead atoms. The van der Waals surface area contributed by atoms with Gasteiger partial charge < -0.3 is 25.3 Å². The summed E-state index contributed by atoms with van der Waals surface area (Å²) in [5.74, 6) is -1.60. The van der Waals surface area contributed by atoms with E-state index in [0.717, 1.165) is 23.9 Å². The van der Waals surface area contributed by atoms with Gasteiger partial charge in [0.2, 0.25) is 11.8 Å². The van der Waals surface area contributed by atoms with Crippen LogP contribution in [0.25, 0.3) is 11.1 Å². The van der Waals surface area contributed by atoms with Crippen LogP contribution in [0, 0.1) is 11.6 Å². The van der Waals surface area contributed by atoms with Crippen molar-refractivity contribution >= 4 is 41.2 Å². The lowest BCUT2D eigenvalue weighted by Gasteiger charge is -2.16. The third kappa shape index (κ3) is 5.73. The highest BCUT2D eigenvalue weighted by atomic mass is 32.1. The van der Waals surface area contributed by atoms with Crippen molar-refractivity contribution in [2.45, 2.75) is 12.2 Å². The topological polar surface area (TPSA) is 149 Å². The molecular weight excluding hydrogens is 538 g/mol. The normalized spacial score (nSPS) is 18.7. The summed E-state index contributed by atoms with van der Waals surface area (Å²) in [6, 6.07) is 7.89. The van der Waals surface area contributed by atoms with Gasteiger partial charge in [0, 0.05) is 11.1 Å². The second-order valence-corrected chi connectivity index (χ2v) is 9.18. The molecule has 0 radical (unpaired) electrons. The van der Waals surface area contributed by atoms with Gasteiger partial charge in [-0.2, -0.15) is 4.37 Å². The average Bonchev–Trinajstić information content (AvgIpc) is 3.66. The molecule has 204 valence electrons. The van der Waals surface area contributed by atoms with Crippen LogP contribution in [-0.4, -0.2) is 71.8 Å². The lowest BCUT2D eigenvalue weighted by molar-refractivity contribution is -0.120. The number of benzene rings is 2. The van der Waals surface area contributed by atoms with E-state index < -0.39 is 41.9 Å². The smallest absolute Gasteiger partial charge is 0.414 e. The summed E-state index contributed by atoms with van der Waals surface area (Å²) in [6.07, 6.45) is -1.15. The Morgan fingerprint density at radius 1 is 1.03 bits per heavy atom. The Morgan fingerprint density at radius 3 is 2.15 bits per heavy atom. The fraction of sp³-hybridized carbons (Fsp3) is 0.292. The van der Waals surface area contributed by atoms with E-state index >= 15 is 8.78 Å². The van der Waals surface area contributed by atoms with Gasteiger partial charge in [0.1, 0.15) is 30.5 Å². The van der Waals surface area contributed by atoms with Gasteiger partial charge in [0.05, 0.1) is 49.3 Å². The van der Waals surface area contributed by atoms with Crippen LogP contribution >= 0.6 is 11.7 Å². The first-order valence-electron chi connectivity index (χ1n) is 11.7. The molecule has 2 aliphatic rings. The van der Waals surface area contributed by atoms with Gasteiger partial charge in [-0.15, -0.1) is 4.37 Å². The van der Waals surface area contributed by atoms with Crippen molar-refractivity contribution in [3.05, 3.63) is 54.2 Å². The van der Waals surface area contributed by atoms with Crippen molar-refractivity contribution in [3.63, 3.8) is 0 Å². The number of nitrogens with zero attached hydrogens (tertiary/aromatic N) is 4. The molecule has 2 fully saturated rings. The Balaban J connectivity index is 1.25. The number of halogens is 2. The van der Waals surface area contributed by atoms with Crippen LogP contribution in [0.5, 0.6) is 5.88 Å². The summed E-state index contributed by atoms with van der Waals surface area (Å²) in [7, 11) is 0. The monoisotopic (exact) mass is 560 g/mol. The van der Waals surface area contributed by atoms with E-state index in [0.29, 0.717) is 5.88 Å². The minimum Gasteiger partial charge on any atom is -0.472 e. The number of nitrogens with two attached hydrogens (primary N) is 1. The maximum absolute atomic E-state index is 15.1. The van der Waals surface area contributed by atoms with Gasteiger partial charge in [-0.1, -0.05) is 0 Å². The highest BCUT2D eigenvalue weighted by Gasteiger charge is 2.34. The number of rotatable bonds is 9. The molecular formula is C24H22F2N6O6S. The quantitative estimate of drug-likeness (QED) is 0.402. The highest BCUT2D eigenvalue weighted by Crippen LogP contribution is 2.33. The molecule has 3 heterocycles. The minimum atomic E-state index is -0.763. The molecule has 2 aromatic carbocycles. The summed E-state index contributed by atoms with van der Waals surface area (Å²) >= 11 is 0.982. The number of aromatic nitrogens is 2. The van der Waals surface area contributed by atoms with E-state index in [1.807, 2.05) is 0 Å². The second kappa shape index (κ2) is 11.2. The fourth-order valence-electron chi connectivity index (χ4n) is 4.14. The molecule has 3 aromatic rings. The Labute approximate surface area is 224 Å². The van der Waals surface area contributed by atoms with Crippen LogP contribution < -0.4 is 25.6 Å². The van der Waals surface area contributed by atoms with Crippen molar-refractivity contribution in [2.24, 2.45) is 5.73 Å². The number of nitrogens with one attached hydrogen (secondary N) is 1. The van der Waals surface area contributed by atoms with Crippen molar-refractivity contribution in [2.75, 3.05) is 42.6 Å². The lowest BCUT2D eigenvalue weighted by atomic mass is 10.0. The molecule has 1 aromatic heterocycles. The second-order valence-electron chi connectivity index (χ2n) is 8.63. The van der Waals surface area contributed by atoms with Gasteiger partial charge in [-0.3, -0.25) is 14.6 Å². The van der Waals surface area contributed by atoms with Crippen LogP contribution in [0.1, 0.15) is 0 Å². The molecule has 2 atom stereocenters. The Bertz CT molecular complexity index is 1390. The average molecular weight is 561 g/mol. The predicted molar refractivity (Wildman–Crippen MR) is 134 cm³/mol. The Kier molecular flexibility index (Phi) is 7.51. The first kappa shape index (κ1) is 26.2. The van der Waals surface area contributed by atoms with Crippen molar-refractivity contribution in [1.82, 2.24) is 14.1 Å². The van der Waals surface area contributed by atoms with Crippen LogP contribution in [-0.2, 0) is 14.3 Å². The van der Waals surface area contributed by atoms with Gasteiger partial charge in [0.15, 0.2) is 6.10 Å². The first-order chi connectivity index (χ1) is 18.8. The van der Waals surface area contributed by atoms with Crippen molar-refractivity contribution < 1.29 is 37.4 Å². The molecule has 12 nitrogen and oxygen atoms in total. The summed E-state index contributed by atoms with van der Waals surface area (Å²) in [5.41, 5.74) is 5.63. The number of carbonyl (C=O) groups excluding carboxylic acids is 3. The zero-order valence-corrected chi connectivity index (χ0v) is 21.0. The van der Waals surface area contributed by atoms with E-state index in [-0.39, 0.29) is 55.3 Å². The summed E-state index contributed by atoms with van der Waals surface area (Å²) in [5, 5.41) is 2.53. The first-order valence-corrected chi connectivity index (χ1v) is 12.5. The van der Waals surface area contributed by atoms with Crippen LogP contribution in [0.15, 0.2) is 42.6 Å². The van der Waals surface area contributed by atoms with Gasteiger partial charge in [-0.25, -0.2) is 18.4 Å². The third-order valence-electron chi connectivity index (χ3n) is 6.04. The summed E-state index contributed by atoms with van der Waals surface area (Å²) < 4.78 is 53.8. The third-order valence-corrected chi connectivity index (χ3v) is 6.50. The summed E-state index contributed by atoms with van der Waals surface area (Å²) in [4.78, 5) is 38.4. The molecule has 5 rings (SSSR count). The van der Waals surface area contributed by atoms with Crippen LogP contribution in [0.4, 0.5) is 29.7 Å². The van der Waals surface area contributed by atoms with E-state index in [9.17, 15) is 14.4 Å². The van der Waals surface area contributed by atoms with Gasteiger partial charge >= 0.3 is 12.2 Å². The van der Waals surface area contributed by atoms with E-state index in [1.165, 1.54) is 40.3 Å². The number of carbonyl (C=O) groups is 3. The van der Waals surface area contributed by atoms with Crippen molar-refractivity contribution in [1.29, 1.82) is 0 Å². The zero-order valence-electron chi connectivity index (χ0n) is 20.2. The number of hydrogen-bond donors (Lipinski definition) is 2. The molecule has 3 N–H and O–H groups in total. The molecule has 2 aliphatic heterocycles. The number of amides is 3. The van der Waals surface area contributed by atoms with Crippen molar-refractivity contribution in [3.8, 4) is 17.0 Å². The van der Waals surface area contributed by atoms with E-state index in [4.69, 9.17) is 19.9 Å². The number of anilines is 2. The molecule has 2 saturated heterocycles. The highest BCUT2D eigenvalue weighted by molar-refractivity contribution is 6.99. The molecule has 3 amide bonds.